The maximum absolute atomic E-state index is 13.3. The largest absolute Gasteiger partial charge is 0.467 e. The molecule has 1 atom stereocenters. The summed E-state index contributed by atoms with van der Waals surface area (Å²) in [7, 11) is 0. The first-order valence-corrected chi connectivity index (χ1v) is 9.89. The number of amides is 2. The van der Waals surface area contributed by atoms with E-state index >= 15 is 0 Å². The summed E-state index contributed by atoms with van der Waals surface area (Å²) in [4.78, 5) is 25.9. The molecule has 2 N–H and O–H groups in total. The lowest BCUT2D eigenvalue weighted by Crippen LogP contribution is -2.48. The van der Waals surface area contributed by atoms with E-state index in [1.54, 1.807) is 18.4 Å². The lowest BCUT2D eigenvalue weighted by molar-refractivity contribution is -0.129. The predicted octanol–water partition coefficient (Wildman–Crippen LogP) is 4.01. The average molecular weight is 390 g/mol. The van der Waals surface area contributed by atoms with Gasteiger partial charge in [-0.05, 0) is 29.7 Å². The summed E-state index contributed by atoms with van der Waals surface area (Å²) in [6.07, 6.45) is 2.91. The first kappa shape index (κ1) is 20.4. The van der Waals surface area contributed by atoms with Gasteiger partial charge in [0.25, 0.3) is 0 Å². The minimum absolute atomic E-state index is 0.186. The van der Waals surface area contributed by atoms with Crippen molar-refractivity contribution in [2.45, 2.75) is 38.3 Å². The van der Waals surface area contributed by atoms with Gasteiger partial charge in [0, 0.05) is 0 Å². The molecule has 0 aliphatic rings. The van der Waals surface area contributed by atoms with Crippen LogP contribution in [0.15, 0.2) is 83.5 Å². The highest BCUT2D eigenvalue weighted by Gasteiger charge is 2.27. The summed E-state index contributed by atoms with van der Waals surface area (Å²) in [5.74, 6) is -0.202. The number of carbonyl (C=O) groups excluding carboxylic acids is 2. The van der Waals surface area contributed by atoms with E-state index in [1.807, 2.05) is 67.6 Å². The zero-order valence-corrected chi connectivity index (χ0v) is 16.5. The Labute approximate surface area is 171 Å². The third-order valence-electron chi connectivity index (χ3n) is 4.76. The summed E-state index contributed by atoms with van der Waals surface area (Å²) in [5, 5.41) is 5.81. The number of benzene rings is 2. The Balaban J connectivity index is 1.75. The second-order valence-electron chi connectivity index (χ2n) is 6.90. The highest BCUT2D eigenvalue weighted by molar-refractivity contribution is 5.92. The first-order valence-electron chi connectivity index (χ1n) is 9.89. The van der Waals surface area contributed by atoms with Crippen molar-refractivity contribution in [2.24, 2.45) is 0 Å². The van der Waals surface area contributed by atoms with Gasteiger partial charge < -0.3 is 15.1 Å². The van der Waals surface area contributed by atoms with Gasteiger partial charge in [-0.1, -0.05) is 74.0 Å². The molecule has 0 radical (unpaired) electrons. The SMILES string of the molecule is CCCC(NC(=O)C(c1ccccc1)c1ccccc1)C(=O)NCc1ccco1. The summed E-state index contributed by atoms with van der Waals surface area (Å²) in [5.41, 5.74) is 1.78. The van der Waals surface area contributed by atoms with E-state index in [4.69, 9.17) is 4.42 Å². The normalized spacial score (nSPS) is 11.8. The van der Waals surface area contributed by atoms with Crippen molar-refractivity contribution in [1.29, 1.82) is 0 Å². The van der Waals surface area contributed by atoms with E-state index in [0.29, 0.717) is 18.7 Å². The van der Waals surface area contributed by atoms with Gasteiger partial charge in [-0.15, -0.1) is 0 Å². The van der Waals surface area contributed by atoms with Crippen LogP contribution in [0, 0.1) is 0 Å². The predicted molar refractivity (Wildman–Crippen MR) is 112 cm³/mol. The van der Waals surface area contributed by atoms with Gasteiger partial charge in [0.1, 0.15) is 11.8 Å². The molecule has 150 valence electrons. The number of furan rings is 1. The molecule has 1 unspecified atom stereocenters. The average Bonchev–Trinajstić information content (AvgIpc) is 3.27. The molecule has 0 saturated heterocycles. The zero-order valence-electron chi connectivity index (χ0n) is 16.5. The van der Waals surface area contributed by atoms with Crippen LogP contribution in [0.1, 0.15) is 42.6 Å². The Bertz CT molecular complexity index is 853. The first-order chi connectivity index (χ1) is 14.2. The Kier molecular flexibility index (Phi) is 7.22. The van der Waals surface area contributed by atoms with Gasteiger partial charge in [0.15, 0.2) is 0 Å². The van der Waals surface area contributed by atoms with Crippen LogP contribution in [-0.2, 0) is 16.1 Å². The van der Waals surface area contributed by atoms with Crippen LogP contribution in [0.25, 0.3) is 0 Å². The topological polar surface area (TPSA) is 71.3 Å². The van der Waals surface area contributed by atoms with E-state index in [1.165, 1.54) is 0 Å². The lowest BCUT2D eigenvalue weighted by Gasteiger charge is -2.23. The second kappa shape index (κ2) is 10.3. The Hall–Kier alpha value is -3.34. The van der Waals surface area contributed by atoms with Crippen molar-refractivity contribution in [3.63, 3.8) is 0 Å². The number of rotatable bonds is 9. The third-order valence-corrected chi connectivity index (χ3v) is 4.76. The maximum atomic E-state index is 13.3. The molecule has 29 heavy (non-hydrogen) atoms. The standard InChI is InChI=1S/C24H26N2O3/c1-2-10-21(23(27)25-17-20-15-9-16-29-20)26-24(28)22(18-11-5-3-6-12-18)19-13-7-4-8-14-19/h3-9,11-16,21-22H,2,10,17H2,1H3,(H,25,27)(H,26,28). The number of hydrogen-bond acceptors (Lipinski definition) is 3. The molecule has 2 amide bonds. The Morgan fingerprint density at radius 3 is 2.00 bits per heavy atom. The maximum Gasteiger partial charge on any atom is 0.242 e. The fourth-order valence-electron chi connectivity index (χ4n) is 3.31. The Morgan fingerprint density at radius 2 is 1.48 bits per heavy atom. The molecule has 0 saturated carbocycles. The van der Waals surface area contributed by atoms with Crippen molar-refractivity contribution in [1.82, 2.24) is 10.6 Å². The van der Waals surface area contributed by atoms with Crippen LogP contribution in [0.5, 0.6) is 0 Å². The molecule has 3 rings (SSSR count). The second-order valence-corrected chi connectivity index (χ2v) is 6.90. The summed E-state index contributed by atoms with van der Waals surface area (Å²) in [6, 6.07) is 22.2. The summed E-state index contributed by atoms with van der Waals surface area (Å²) in [6.45, 7) is 2.29. The van der Waals surface area contributed by atoms with Crippen LogP contribution >= 0.6 is 0 Å². The quantitative estimate of drug-likeness (QED) is 0.580. The molecule has 0 bridgehead atoms. The molecule has 0 aliphatic heterocycles. The van der Waals surface area contributed by atoms with E-state index < -0.39 is 12.0 Å². The minimum atomic E-state index is -0.600. The minimum Gasteiger partial charge on any atom is -0.467 e. The number of hydrogen-bond donors (Lipinski definition) is 2. The highest BCUT2D eigenvalue weighted by Crippen LogP contribution is 2.25. The fourth-order valence-corrected chi connectivity index (χ4v) is 3.31. The van der Waals surface area contributed by atoms with Crippen molar-refractivity contribution >= 4 is 11.8 Å². The van der Waals surface area contributed by atoms with Crippen LogP contribution < -0.4 is 10.6 Å². The van der Waals surface area contributed by atoms with Gasteiger partial charge in [0.05, 0.1) is 18.7 Å². The van der Waals surface area contributed by atoms with Crippen LogP contribution in [-0.4, -0.2) is 17.9 Å². The van der Waals surface area contributed by atoms with Crippen LogP contribution in [0.2, 0.25) is 0 Å². The monoisotopic (exact) mass is 390 g/mol. The molecule has 2 aromatic carbocycles. The van der Waals surface area contributed by atoms with Gasteiger partial charge >= 0.3 is 0 Å². The van der Waals surface area contributed by atoms with Gasteiger partial charge in [0.2, 0.25) is 11.8 Å². The third kappa shape index (κ3) is 5.57. The molecule has 3 aromatic rings. The van der Waals surface area contributed by atoms with Crippen molar-refractivity contribution in [3.8, 4) is 0 Å². The van der Waals surface area contributed by atoms with E-state index in [-0.39, 0.29) is 11.8 Å². The summed E-state index contributed by atoms with van der Waals surface area (Å²) >= 11 is 0. The van der Waals surface area contributed by atoms with Crippen LogP contribution in [0.3, 0.4) is 0 Å². The molecule has 0 aliphatic carbocycles. The molecule has 5 nitrogen and oxygen atoms in total. The summed E-state index contributed by atoms with van der Waals surface area (Å²) < 4.78 is 5.26. The molecule has 1 aromatic heterocycles. The van der Waals surface area contributed by atoms with Crippen LogP contribution in [0.4, 0.5) is 0 Å². The van der Waals surface area contributed by atoms with E-state index in [9.17, 15) is 9.59 Å². The van der Waals surface area contributed by atoms with E-state index in [0.717, 1.165) is 17.5 Å². The molecule has 1 heterocycles. The van der Waals surface area contributed by atoms with Crippen molar-refractivity contribution in [3.05, 3.63) is 95.9 Å². The van der Waals surface area contributed by atoms with Gasteiger partial charge in [-0.3, -0.25) is 9.59 Å². The highest BCUT2D eigenvalue weighted by atomic mass is 16.3. The van der Waals surface area contributed by atoms with Gasteiger partial charge in [-0.25, -0.2) is 0 Å². The molecular formula is C24H26N2O3. The van der Waals surface area contributed by atoms with E-state index in [2.05, 4.69) is 10.6 Å². The fraction of sp³-hybridized carbons (Fsp3) is 0.250. The van der Waals surface area contributed by atoms with Crippen molar-refractivity contribution < 1.29 is 14.0 Å². The smallest absolute Gasteiger partial charge is 0.242 e. The number of carbonyl (C=O) groups is 2. The molecule has 0 spiro atoms. The van der Waals surface area contributed by atoms with Crippen molar-refractivity contribution in [2.75, 3.05) is 0 Å². The molecular weight excluding hydrogens is 364 g/mol. The Morgan fingerprint density at radius 1 is 0.862 bits per heavy atom. The zero-order chi connectivity index (χ0) is 20.5. The molecule has 0 fully saturated rings. The number of nitrogens with one attached hydrogen (secondary N) is 2. The van der Waals surface area contributed by atoms with Gasteiger partial charge in [-0.2, -0.15) is 0 Å². The lowest BCUT2D eigenvalue weighted by atomic mass is 9.90. The molecule has 5 heteroatoms.